The fraction of sp³-hybridized carbons (Fsp3) is 0.348. The van der Waals surface area contributed by atoms with Crippen molar-refractivity contribution in [2.45, 2.75) is 51.5 Å². The van der Waals surface area contributed by atoms with E-state index in [2.05, 4.69) is 46.0 Å². The maximum atomic E-state index is 12.5. The molecule has 0 saturated carbocycles. The van der Waals surface area contributed by atoms with Crippen molar-refractivity contribution in [1.82, 2.24) is 14.8 Å². The van der Waals surface area contributed by atoms with Gasteiger partial charge in [-0.3, -0.25) is 4.79 Å². The van der Waals surface area contributed by atoms with E-state index < -0.39 is 0 Å². The first-order valence-electron chi connectivity index (χ1n) is 10.00. The van der Waals surface area contributed by atoms with Crippen LogP contribution in [0.4, 0.5) is 0 Å². The Labute approximate surface area is 180 Å². The van der Waals surface area contributed by atoms with Gasteiger partial charge in [0.25, 0.3) is 0 Å². The number of hydrogen-bond acceptors (Lipinski definition) is 3. The summed E-state index contributed by atoms with van der Waals surface area (Å²) in [6.45, 7) is 2.91. The largest absolute Gasteiger partial charge is 0.315 e. The molecule has 1 aromatic heterocycles. The molecule has 1 aliphatic rings. The van der Waals surface area contributed by atoms with Crippen LogP contribution in [-0.2, 0) is 37.0 Å². The molecule has 0 unspecified atom stereocenters. The number of nitrogens with zero attached hydrogens (tertiary/aromatic N) is 3. The van der Waals surface area contributed by atoms with Crippen LogP contribution in [-0.4, -0.2) is 20.5 Å². The maximum Gasteiger partial charge on any atom is 0.137 e. The third-order valence-corrected chi connectivity index (χ3v) is 6.49. The number of Topliss-reactive ketones (excluding diaryl/α,β-unsaturated/α-hetero) is 1. The first-order valence-corrected chi connectivity index (χ1v) is 10.8. The molecule has 0 amide bonds. The lowest BCUT2D eigenvalue weighted by Crippen LogP contribution is -2.12. The Morgan fingerprint density at radius 3 is 2.48 bits per heavy atom. The molecule has 0 fully saturated rings. The smallest absolute Gasteiger partial charge is 0.137 e. The van der Waals surface area contributed by atoms with Gasteiger partial charge < -0.3 is 4.57 Å². The van der Waals surface area contributed by atoms with Gasteiger partial charge in [0.2, 0.25) is 0 Å². The van der Waals surface area contributed by atoms with Gasteiger partial charge in [-0.05, 0) is 42.5 Å². The van der Waals surface area contributed by atoms with Gasteiger partial charge in [0, 0.05) is 31.7 Å². The number of halogens is 2. The SMILES string of the molecule is CCn1c(CCC(=O)Cc2cccc(Cl)c2Cl)nnc1C1Cc2ccccc2C1. The molecule has 0 spiro atoms. The fourth-order valence-electron chi connectivity index (χ4n) is 4.16. The zero-order valence-corrected chi connectivity index (χ0v) is 17.9. The summed E-state index contributed by atoms with van der Waals surface area (Å²) in [6.07, 6.45) is 3.27. The first kappa shape index (κ1) is 20.1. The Bertz CT molecular complexity index is 1020. The number of carbonyl (C=O) groups is 1. The summed E-state index contributed by atoms with van der Waals surface area (Å²) in [6, 6.07) is 14.0. The number of benzene rings is 2. The molecule has 150 valence electrons. The van der Waals surface area contributed by atoms with E-state index in [1.54, 1.807) is 6.07 Å². The molecule has 4 rings (SSSR count). The van der Waals surface area contributed by atoms with E-state index >= 15 is 0 Å². The van der Waals surface area contributed by atoms with Crippen molar-refractivity contribution in [1.29, 1.82) is 0 Å². The van der Waals surface area contributed by atoms with E-state index in [1.807, 2.05) is 12.1 Å². The minimum atomic E-state index is 0.120. The molecular weight excluding hydrogens is 405 g/mol. The van der Waals surface area contributed by atoms with Gasteiger partial charge in [-0.2, -0.15) is 0 Å². The average Bonchev–Trinajstić information content (AvgIpc) is 3.33. The Morgan fingerprint density at radius 2 is 1.79 bits per heavy atom. The van der Waals surface area contributed by atoms with Crippen molar-refractivity contribution in [3.8, 4) is 0 Å². The highest BCUT2D eigenvalue weighted by Gasteiger charge is 2.27. The third kappa shape index (κ3) is 4.24. The van der Waals surface area contributed by atoms with E-state index in [9.17, 15) is 4.79 Å². The summed E-state index contributed by atoms with van der Waals surface area (Å²) >= 11 is 12.2. The maximum absolute atomic E-state index is 12.5. The summed E-state index contributed by atoms with van der Waals surface area (Å²) in [4.78, 5) is 12.5. The lowest BCUT2D eigenvalue weighted by molar-refractivity contribution is -0.118. The minimum absolute atomic E-state index is 0.120. The Balaban J connectivity index is 1.42. The number of carbonyl (C=O) groups excluding carboxylic acids is 1. The normalized spacial score (nSPS) is 13.6. The number of ketones is 1. The first-order chi connectivity index (χ1) is 14.1. The van der Waals surface area contributed by atoms with Gasteiger partial charge in [0.15, 0.2) is 0 Å². The molecule has 29 heavy (non-hydrogen) atoms. The summed E-state index contributed by atoms with van der Waals surface area (Å²) < 4.78 is 2.18. The molecule has 1 aliphatic carbocycles. The van der Waals surface area contributed by atoms with Crippen LogP contribution in [0.15, 0.2) is 42.5 Å². The van der Waals surface area contributed by atoms with Crippen molar-refractivity contribution in [2.75, 3.05) is 0 Å². The van der Waals surface area contributed by atoms with Crippen LogP contribution >= 0.6 is 23.2 Å². The monoisotopic (exact) mass is 427 g/mol. The zero-order chi connectivity index (χ0) is 20.4. The number of rotatable bonds is 7. The van der Waals surface area contributed by atoms with Gasteiger partial charge in [-0.1, -0.05) is 59.6 Å². The fourth-order valence-corrected chi connectivity index (χ4v) is 4.55. The molecule has 0 bridgehead atoms. The van der Waals surface area contributed by atoms with Gasteiger partial charge in [0.1, 0.15) is 17.4 Å². The topological polar surface area (TPSA) is 47.8 Å². The molecule has 0 saturated heterocycles. The average molecular weight is 428 g/mol. The molecule has 3 aromatic rings. The summed E-state index contributed by atoms with van der Waals surface area (Å²) in [7, 11) is 0. The Hall–Kier alpha value is -2.17. The predicted octanol–water partition coefficient (Wildman–Crippen LogP) is 5.23. The van der Waals surface area contributed by atoms with Crippen LogP contribution in [0.25, 0.3) is 0 Å². The quantitative estimate of drug-likeness (QED) is 0.518. The van der Waals surface area contributed by atoms with Crippen molar-refractivity contribution in [3.63, 3.8) is 0 Å². The molecule has 0 N–H and O–H groups in total. The lowest BCUT2D eigenvalue weighted by atomic mass is 10.0. The molecule has 1 heterocycles. The van der Waals surface area contributed by atoms with Crippen LogP contribution in [0.1, 0.15) is 47.6 Å². The summed E-state index contributed by atoms with van der Waals surface area (Å²) in [5.74, 6) is 2.39. The van der Waals surface area contributed by atoms with Gasteiger partial charge >= 0.3 is 0 Å². The zero-order valence-electron chi connectivity index (χ0n) is 16.4. The Kier molecular flexibility index (Phi) is 6.02. The number of aryl methyl sites for hydroxylation is 1. The van der Waals surface area contributed by atoms with E-state index in [1.165, 1.54) is 11.1 Å². The highest BCUT2D eigenvalue weighted by molar-refractivity contribution is 6.42. The molecular formula is C23H23Cl2N3O. The van der Waals surface area contributed by atoms with Gasteiger partial charge in [-0.15, -0.1) is 10.2 Å². The highest BCUT2D eigenvalue weighted by Crippen LogP contribution is 2.33. The predicted molar refractivity (Wildman–Crippen MR) is 116 cm³/mol. The molecule has 6 heteroatoms. The molecule has 0 radical (unpaired) electrons. The second-order valence-electron chi connectivity index (χ2n) is 7.52. The van der Waals surface area contributed by atoms with Crippen molar-refractivity contribution in [2.24, 2.45) is 0 Å². The van der Waals surface area contributed by atoms with Gasteiger partial charge in [0.05, 0.1) is 10.0 Å². The molecule has 4 nitrogen and oxygen atoms in total. The Morgan fingerprint density at radius 1 is 1.07 bits per heavy atom. The minimum Gasteiger partial charge on any atom is -0.315 e. The van der Waals surface area contributed by atoms with Crippen molar-refractivity contribution in [3.05, 3.63) is 80.8 Å². The van der Waals surface area contributed by atoms with Gasteiger partial charge in [-0.25, -0.2) is 0 Å². The van der Waals surface area contributed by atoms with E-state index in [4.69, 9.17) is 23.2 Å². The number of fused-ring (bicyclic) bond motifs is 1. The standard InChI is InChI=1S/C23H23Cl2N3O/c1-2-28-21(11-10-19(29)14-17-8-5-9-20(24)22(17)25)26-27-23(28)18-12-15-6-3-4-7-16(15)13-18/h3-9,18H,2,10-14H2,1H3. The van der Waals surface area contributed by atoms with Crippen LogP contribution < -0.4 is 0 Å². The lowest BCUT2D eigenvalue weighted by Gasteiger charge is -2.12. The number of aromatic nitrogens is 3. The molecule has 0 atom stereocenters. The second-order valence-corrected chi connectivity index (χ2v) is 8.31. The number of hydrogen-bond donors (Lipinski definition) is 0. The van der Waals surface area contributed by atoms with E-state index in [0.29, 0.717) is 28.8 Å². The van der Waals surface area contributed by atoms with Crippen LogP contribution in [0, 0.1) is 0 Å². The summed E-state index contributed by atoms with van der Waals surface area (Å²) in [5, 5.41) is 9.86. The molecule has 0 aliphatic heterocycles. The molecule has 2 aromatic carbocycles. The third-order valence-electron chi connectivity index (χ3n) is 5.64. The van der Waals surface area contributed by atoms with Crippen molar-refractivity contribution >= 4 is 29.0 Å². The second kappa shape index (κ2) is 8.68. The van der Waals surface area contributed by atoms with Crippen LogP contribution in [0.3, 0.4) is 0 Å². The van der Waals surface area contributed by atoms with E-state index in [0.717, 1.165) is 36.6 Å². The van der Waals surface area contributed by atoms with Crippen LogP contribution in [0.2, 0.25) is 10.0 Å². The van der Waals surface area contributed by atoms with Crippen molar-refractivity contribution < 1.29 is 4.79 Å². The summed E-state index contributed by atoms with van der Waals surface area (Å²) in [5.41, 5.74) is 3.57. The highest BCUT2D eigenvalue weighted by atomic mass is 35.5. The van der Waals surface area contributed by atoms with Crippen LogP contribution in [0.5, 0.6) is 0 Å². The van der Waals surface area contributed by atoms with E-state index in [-0.39, 0.29) is 12.2 Å².